The fourth-order valence-corrected chi connectivity index (χ4v) is 5.08. The van der Waals surface area contributed by atoms with E-state index >= 15 is 0 Å². The van der Waals surface area contributed by atoms with Crippen LogP contribution in [0.15, 0.2) is 41.4 Å². The summed E-state index contributed by atoms with van der Waals surface area (Å²) in [4.78, 5) is 12.5. The zero-order chi connectivity index (χ0) is 18.9. The number of hydrogen-bond acceptors (Lipinski definition) is 4. The zero-order valence-corrected chi connectivity index (χ0v) is 16.0. The van der Waals surface area contributed by atoms with E-state index in [1.54, 1.807) is 28.3 Å². The van der Waals surface area contributed by atoms with Gasteiger partial charge in [0.05, 0.1) is 4.90 Å². The third kappa shape index (κ3) is 3.96. The van der Waals surface area contributed by atoms with Crippen molar-refractivity contribution in [2.75, 3.05) is 18.4 Å². The highest BCUT2D eigenvalue weighted by Gasteiger charge is 2.31. The Balaban J connectivity index is 1.75. The van der Waals surface area contributed by atoms with Crippen LogP contribution < -0.4 is 5.32 Å². The van der Waals surface area contributed by atoms with Gasteiger partial charge < -0.3 is 5.32 Å². The fraction of sp³-hybridized carbons (Fsp3) is 0.444. The molecule has 0 spiro atoms. The molecule has 7 nitrogen and oxygen atoms in total. The molecule has 1 aliphatic rings. The summed E-state index contributed by atoms with van der Waals surface area (Å²) in [5.74, 6) is 0.812. The van der Waals surface area contributed by atoms with Gasteiger partial charge in [-0.05, 0) is 42.5 Å². The average molecular weight is 376 g/mol. The van der Waals surface area contributed by atoms with Crippen LogP contribution in [0.4, 0.5) is 5.82 Å². The Morgan fingerprint density at radius 3 is 2.27 bits per heavy atom. The van der Waals surface area contributed by atoms with Crippen LogP contribution in [-0.2, 0) is 17.1 Å². The number of anilines is 1. The van der Waals surface area contributed by atoms with E-state index in [0.29, 0.717) is 36.3 Å². The van der Waals surface area contributed by atoms with Gasteiger partial charge in [-0.2, -0.15) is 9.40 Å². The van der Waals surface area contributed by atoms with Crippen molar-refractivity contribution >= 4 is 21.7 Å². The van der Waals surface area contributed by atoms with Crippen LogP contribution in [0.25, 0.3) is 0 Å². The Morgan fingerprint density at radius 1 is 1.12 bits per heavy atom. The second-order valence-corrected chi connectivity index (χ2v) is 9.06. The van der Waals surface area contributed by atoms with Crippen molar-refractivity contribution in [2.45, 2.75) is 25.2 Å². The number of nitrogens with one attached hydrogen (secondary N) is 1. The third-order valence-electron chi connectivity index (χ3n) is 4.54. The molecule has 140 valence electrons. The largest absolute Gasteiger partial charge is 0.305 e. The Morgan fingerprint density at radius 2 is 1.73 bits per heavy atom. The molecule has 0 aliphatic carbocycles. The van der Waals surface area contributed by atoms with E-state index in [-0.39, 0.29) is 10.8 Å². The van der Waals surface area contributed by atoms with Gasteiger partial charge >= 0.3 is 0 Å². The predicted molar refractivity (Wildman–Crippen MR) is 99.3 cm³/mol. The van der Waals surface area contributed by atoms with E-state index in [2.05, 4.69) is 24.3 Å². The number of piperidine rings is 1. The van der Waals surface area contributed by atoms with E-state index in [0.717, 1.165) is 6.42 Å². The van der Waals surface area contributed by atoms with Gasteiger partial charge in [-0.1, -0.05) is 13.8 Å². The first kappa shape index (κ1) is 18.6. The molecular weight excluding hydrogens is 352 g/mol. The van der Waals surface area contributed by atoms with Gasteiger partial charge in [-0.25, -0.2) is 8.42 Å². The molecule has 8 heteroatoms. The summed E-state index contributed by atoms with van der Waals surface area (Å²) >= 11 is 0. The second-order valence-electron chi connectivity index (χ2n) is 7.12. The molecule has 1 saturated heterocycles. The maximum absolute atomic E-state index is 12.9. The molecule has 26 heavy (non-hydrogen) atoms. The fourth-order valence-electron chi connectivity index (χ4n) is 3.40. The van der Waals surface area contributed by atoms with Gasteiger partial charge in [0.25, 0.3) is 5.91 Å². The van der Waals surface area contributed by atoms with Gasteiger partial charge in [0, 0.05) is 38.0 Å². The molecule has 0 bridgehead atoms. The van der Waals surface area contributed by atoms with Crippen molar-refractivity contribution in [3.63, 3.8) is 0 Å². The lowest BCUT2D eigenvalue weighted by molar-refractivity contribution is 0.102. The first-order valence-electron chi connectivity index (χ1n) is 8.67. The summed E-state index contributed by atoms with van der Waals surface area (Å²) in [6.07, 6.45) is 2.77. The minimum absolute atomic E-state index is 0.216. The van der Waals surface area contributed by atoms with Crippen molar-refractivity contribution in [3.8, 4) is 0 Å². The smallest absolute Gasteiger partial charge is 0.256 e. The number of sulfonamides is 1. The van der Waals surface area contributed by atoms with Crippen LogP contribution >= 0.6 is 0 Å². The lowest BCUT2D eigenvalue weighted by atomic mass is 9.94. The van der Waals surface area contributed by atoms with Gasteiger partial charge in [0.2, 0.25) is 10.0 Å². The lowest BCUT2D eigenvalue weighted by Crippen LogP contribution is -2.42. The highest BCUT2D eigenvalue weighted by Crippen LogP contribution is 2.26. The maximum atomic E-state index is 12.9. The molecule has 2 heterocycles. The Kier molecular flexibility index (Phi) is 5.15. The van der Waals surface area contributed by atoms with Crippen LogP contribution in [0.1, 0.15) is 30.6 Å². The summed E-state index contributed by atoms with van der Waals surface area (Å²) in [6.45, 7) is 5.22. The van der Waals surface area contributed by atoms with Crippen molar-refractivity contribution in [3.05, 3.63) is 42.1 Å². The van der Waals surface area contributed by atoms with Crippen LogP contribution in [0.2, 0.25) is 0 Å². The SMILES string of the molecule is CC1CC(C)CN(S(=O)(=O)c2ccc(C(=O)Nc3ccn(C)n3)cc2)C1. The van der Waals surface area contributed by atoms with Crippen molar-refractivity contribution in [2.24, 2.45) is 18.9 Å². The quantitative estimate of drug-likeness (QED) is 0.888. The van der Waals surface area contributed by atoms with Crippen molar-refractivity contribution in [1.29, 1.82) is 0 Å². The van der Waals surface area contributed by atoms with E-state index in [1.165, 1.54) is 24.3 Å². The Hall–Kier alpha value is -2.19. The minimum atomic E-state index is -3.54. The Labute approximate surface area is 154 Å². The molecule has 0 saturated carbocycles. The summed E-state index contributed by atoms with van der Waals surface area (Å²) in [5, 5.41) is 6.77. The average Bonchev–Trinajstić information content (AvgIpc) is 2.99. The van der Waals surface area contributed by atoms with Crippen molar-refractivity contribution < 1.29 is 13.2 Å². The van der Waals surface area contributed by atoms with Gasteiger partial charge in [0.1, 0.15) is 0 Å². The van der Waals surface area contributed by atoms with E-state index in [4.69, 9.17) is 0 Å². The van der Waals surface area contributed by atoms with E-state index in [1.807, 2.05) is 0 Å². The molecule has 1 aliphatic heterocycles. The molecule has 2 aromatic rings. The Bertz CT molecular complexity index is 879. The molecule has 1 aromatic carbocycles. The second kappa shape index (κ2) is 7.20. The summed E-state index contributed by atoms with van der Waals surface area (Å²) in [5.41, 5.74) is 0.384. The van der Waals surface area contributed by atoms with Gasteiger partial charge in [-0.3, -0.25) is 9.48 Å². The molecule has 3 rings (SSSR count). The number of carbonyl (C=O) groups excluding carboxylic acids is 1. The van der Waals surface area contributed by atoms with Crippen LogP contribution in [0.3, 0.4) is 0 Å². The summed E-state index contributed by atoms with van der Waals surface area (Å²) < 4.78 is 28.9. The molecular formula is C18H24N4O3S. The lowest BCUT2D eigenvalue weighted by Gasteiger charge is -2.34. The number of carbonyl (C=O) groups is 1. The highest BCUT2D eigenvalue weighted by atomic mass is 32.2. The first-order valence-corrected chi connectivity index (χ1v) is 10.1. The molecule has 0 radical (unpaired) electrons. The summed E-state index contributed by atoms with van der Waals surface area (Å²) in [6, 6.07) is 7.73. The third-order valence-corrected chi connectivity index (χ3v) is 6.39. The maximum Gasteiger partial charge on any atom is 0.256 e. The van der Waals surface area contributed by atoms with Crippen LogP contribution in [0, 0.1) is 11.8 Å². The van der Waals surface area contributed by atoms with E-state index in [9.17, 15) is 13.2 Å². The van der Waals surface area contributed by atoms with Gasteiger partial charge in [-0.15, -0.1) is 0 Å². The van der Waals surface area contributed by atoms with Gasteiger partial charge in [0.15, 0.2) is 5.82 Å². The molecule has 2 atom stereocenters. The minimum Gasteiger partial charge on any atom is -0.305 e. The van der Waals surface area contributed by atoms with Crippen LogP contribution in [0.5, 0.6) is 0 Å². The summed E-state index contributed by atoms with van der Waals surface area (Å²) in [7, 11) is -1.78. The number of nitrogens with zero attached hydrogens (tertiary/aromatic N) is 3. The number of hydrogen-bond donors (Lipinski definition) is 1. The number of rotatable bonds is 4. The van der Waals surface area contributed by atoms with E-state index < -0.39 is 10.0 Å². The highest BCUT2D eigenvalue weighted by molar-refractivity contribution is 7.89. The zero-order valence-electron chi connectivity index (χ0n) is 15.2. The molecule has 2 unspecified atom stereocenters. The standard InChI is InChI=1S/C18H24N4O3S/c1-13-10-14(2)12-22(11-13)26(24,25)16-6-4-15(5-7-16)18(23)19-17-8-9-21(3)20-17/h4-9,13-14H,10-12H2,1-3H3,(H,19,20,23). The van der Waals surface area contributed by atoms with Crippen molar-refractivity contribution in [1.82, 2.24) is 14.1 Å². The number of amides is 1. The topological polar surface area (TPSA) is 84.3 Å². The first-order chi connectivity index (χ1) is 12.3. The molecule has 1 fully saturated rings. The number of aromatic nitrogens is 2. The molecule has 1 amide bonds. The molecule has 1 N–H and O–H groups in total. The molecule has 1 aromatic heterocycles. The monoisotopic (exact) mass is 376 g/mol. The normalized spacial score (nSPS) is 21.5. The predicted octanol–water partition coefficient (Wildman–Crippen LogP) is 2.34. The van der Waals surface area contributed by atoms with Crippen LogP contribution in [-0.4, -0.2) is 41.5 Å². The number of benzene rings is 1. The number of aryl methyl sites for hydroxylation is 1.